The topological polar surface area (TPSA) is 33.2 Å². The number of likely N-dealkylation sites (tertiary alicyclic amines) is 1. The van der Waals surface area contributed by atoms with Gasteiger partial charge in [0.1, 0.15) is 5.69 Å². The van der Waals surface area contributed by atoms with Crippen LogP contribution in [-0.4, -0.2) is 28.9 Å². The summed E-state index contributed by atoms with van der Waals surface area (Å²) >= 11 is 20.3. The van der Waals surface area contributed by atoms with Crippen LogP contribution < -0.4 is 0 Å². The van der Waals surface area contributed by atoms with Crippen LogP contribution in [0.25, 0.3) is 0 Å². The summed E-state index contributed by atoms with van der Waals surface area (Å²) < 4.78 is 0. The second-order valence-electron chi connectivity index (χ2n) is 6.91. The van der Waals surface area contributed by atoms with Gasteiger partial charge in [-0.15, -0.1) is 11.8 Å². The first kappa shape index (κ1) is 20.8. The molecule has 0 aliphatic carbocycles. The van der Waals surface area contributed by atoms with Crippen LogP contribution in [0.1, 0.15) is 41.5 Å². The van der Waals surface area contributed by atoms with Crippen molar-refractivity contribution in [2.45, 2.75) is 37.3 Å². The number of thioether (sulfide) groups is 1. The van der Waals surface area contributed by atoms with E-state index < -0.39 is 0 Å². The van der Waals surface area contributed by atoms with Crippen molar-refractivity contribution in [3.05, 3.63) is 56.3 Å². The number of aromatic nitrogens is 1. The molecule has 1 saturated heterocycles. The second kappa shape index (κ2) is 9.04. The SMILES string of the molecule is Cc1cc(Cl)c(Cl)c(SCc2cccc(C(=O)N3CCC(C)CC3)n2)c1Cl. The van der Waals surface area contributed by atoms with E-state index in [1.54, 1.807) is 12.1 Å². The molecule has 0 bridgehead atoms. The molecule has 3 rings (SSSR count). The van der Waals surface area contributed by atoms with Gasteiger partial charge in [0.05, 0.1) is 20.8 Å². The predicted molar refractivity (Wildman–Crippen MR) is 114 cm³/mol. The van der Waals surface area contributed by atoms with Gasteiger partial charge in [-0.3, -0.25) is 4.79 Å². The summed E-state index contributed by atoms with van der Waals surface area (Å²) in [6.45, 7) is 5.72. The average Bonchev–Trinajstić information content (AvgIpc) is 2.67. The Hall–Kier alpha value is -0.940. The van der Waals surface area contributed by atoms with Crippen LogP contribution in [0.2, 0.25) is 15.1 Å². The van der Waals surface area contributed by atoms with Crippen LogP contribution in [0.5, 0.6) is 0 Å². The maximum absolute atomic E-state index is 12.7. The van der Waals surface area contributed by atoms with Crippen LogP contribution in [-0.2, 0) is 5.75 Å². The van der Waals surface area contributed by atoms with Crippen molar-refractivity contribution >= 4 is 52.5 Å². The largest absolute Gasteiger partial charge is 0.337 e. The minimum absolute atomic E-state index is 0.00316. The van der Waals surface area contributed by atoms with E-state index in [1.807, 2.05) is 24.0 Å². The fourth-order valence-electron chi connectivity index (χ4n) is 3.03. The lowest BCUT2D eigenvalue weighted by molar-refractivity contribution is 0.0691. The minimum Gasteiger partial charge on any atom is -0.337 e. The highest BCUT2D eigenvalue weighted by Crippen LogP contribution is 2.41. The van der Waals surface area contributed by atoms with E-state index in [4.69, 9.17) is 34.8 Å². The Morgan fingerprint density at radius 3 is 2.63 bits per heavy atom. The van der Waals surface area contributed by atoms with Crippen LogP contribution in [0.3, 0.4) is 0 Å². The smallest absolute Gasteiger partial charge is 0.272 e. The Balaban J connectivity index is 1.73. The first-order chi connectivity index (χ1) is 12.9. The van der Waals surface area contributed by atoms with Gasteiger partial charge in [0.15, 0.2) is 0 Å². The lowest BCUT2D eigenvalue weighted by Gasteiger charge is -2.30. The fourth-order valence-corrected chi connectivity index (χ4v) is 4.99. The van der Waals surface area contributed by atoms with Gasteiger partial charge in [-0.1, -0.05) is 47.8 Å². The predicted octanol–water partition coefficient (Wildman–Crippen LogP) is 6.51. The van der Waals surface area contributed by atoms with E-state index in [0.717, 1.165) is 42.1 Å². The number of carbonyl (C=O) groups excluding carboxylic acids is 1. The molecule has 0 unspecified atom stereocenters. The molecule has 1 aromatic carbocycles. The summed E-state index contributed by atoms with van der Waals surface area (Å²) in [5.74, 6) is 1.24. The van der Waals surface area contributed by atoms with E-state index in [1.165, 1.54) is 11.8 Å². The van der Waals surface area contributed by atoms with E-state index in [-0.39, 0.29) is 5.91 Å². The zero-order valence-electron chi connectivity index (χ0n) is 15.3. The highest BCUT2D eigenvalue weighted by atomic mass is 35.5. The van der Waals surface area contributed by atoms with Crippen molar-refractivity contribution in [2.75, 3.05) is 13.1 Å². The molecular formula is C20H21Cl3N2OS. The normalized spacial score (nSPS) is 15.2. The standard InChI is InChI=1S/C20H21Cl3N2OS/c1-12-6-8-25(9-7-12)20(26)16-5-3-4-14(24-16)11-27-19-17(22)13(2)10-15(21)18(19)23/h3-5,10,12H,6-9,11H2,1-2H3. The maximum Gasteiger partial charge on any atom is 0.272 e. The molecule has 27 heavy (non-hydrogen) atoms. The molecule has 1 amide bonds. The van der Waals surface area contributed by atoms with Gasteiger partial charge in [-0.25, -0.2) is 4.98 Å². The number of halogens is 3. The number of aryl methyl sites for hydroxylation is 1. The third kappa shape index (κ3) is 4.92. The Kier molecular flexibility index (Phi) is 6.96. The first-order valence-corrected chi connectivity index (χ1v) is 11.0. The number of benzene rings is 1. The molecule has 1 aliphatic heterocycles. The molecule has 1 aromatic heterocycles. The van der Waals surface area contributed by atoms with Crippen molar-refractivity contribution in [2.24, 2.45) is 5.92 Å². The van der Waals surface area contributed by atoms with Gasteiger partial charge < -0.3 is 4.90 Å². The maximum atomic E-state index is 12.7. The zero-order chi connectivity index (χ0) is 19.6. The van der Waals surface area contributed by atoms with Crippen molar-refractivity contribution in [3.8, 4) is 0 Å². The van der Waals surface area contributed by atoms with Gasteiger partial charge in [-0.2, -0.15) is 0 Å². The molecule has 0 saturated carbocycles. The monoisotopic (exact) mass is 442 g/mol. The van der Waals surface area contributed by atoms with Crippen molar-refractivity contribution < 1.29 is 4.79 Å². The number of amides is 1. The summed E-state index contributed by atoms with van der Waals surface area (Å²) in [5.41, 5.74) is 2.17. The number of piperidine rings is 1. The van der Waals surface area contributed by atoms with Crippen LogP contribution in [0.15, 0.2) is 29.2 Å². The summed E-state index contributed by atoms with van der Waals surface area (Å²) in [7, 11) is 0. The Morgan fingerprint density at radius 1 is 1.22 bits per heavy atom. The number of carbonyl (C=O) groups is 1. The number of pyridine rings is 1. The van der Waals surface area contributed by atoms with E-state index in [9.17, 15) is 4.79 Å². The highest BCUT2D eigenvalue weighted by molar-refractivity contribution is 7.98. The molecule has 2 aromatic rings. The Bertz CT molecular complexity index is 825. The van der Waals surface area contributed by atoms with Crippen LogP contribution >= 0.6 is 46.6 Å². The first-order valence-electron chi connectivity index (χ1n) is 8.89. The average molecular weight is 444 g/mol. The van der Waals surface area contributed by atoms with Gasteiger partial charge >= 0.3 is 0 Å². The number of hydrogen-bond acceptors (Lipinski definition) is 3. The van der Waals surface area contributed by atoms with Crippen LogP contribution in [0.4, 0.5) is 0 Å². The van der Waals surface area contributed by atoms with Crippen molar-refractivity contribution in [1.82, 2.24) is 9.88 Å². The molecule has 1 fully saturated rings. The zero-order valence-corrected chi connectivity index (χ0v) is 18.4. The molecule has 0 radical (unpaired) electrons. The summed E-state index contributed by atoms with van der Waals surface area (Å²) in [6, 6.07) is 7.31. The molecule has 3 nitrogen and oxygen atoms in total. The second-order valence-corrected chi connectivity index (χ2v) is 9.06. The number of nitrogens with zero attached hydrogens (tertiary/aromatic N) is 2. The van der Waals surface area contributed by atoms with E-state index >= 15 is 0 Å². The molecular weight excluding hydrogens is 423 g/mol. The molecule has 1 aliphatic rings. The van der Waals surface area contributed by atoms with Crippen molar-refractivity contribution in [1.29, 1.82) is 0 Å². The third-order valence-electron chi connectivity index (χ3n) is 4.76. The van der Waals surface area contributed by atoms with E-state index in [0.29, 0.717) is 32.4 Å². The third-order valence-corrected chi connectivity index (χ3v) is 7.39. The summed E-state index contributed by atoms with van der Waals surface area (Å²) in [4.78, 5) is 19.9. The van der Waals surface area contributed by atoms with Crippen molar-refractivity contribution in [3.63, 3.8) is 0 Å². The van der Waals surface area contributed by atoms with Gasteiger partial charge in [0.25, 0.3) is 5.91 Å². The molecule has 0 atom stereocenters. The summed E-state index contributed by atoms with van der Waals surface area (Å²) in [6.07, 6.45) is 2.10. The summed E-state index contributed by atoms with van der Waals surface area (Å²) in [5, 5.41) is 1.54. The Labute approximate surface area is 179 Å². The molecule has 0 N–H and O–H groups in total. The van der Waals surface area contributed by atoms with E-state index in [2.05, 4.69) is 11.9 Å². The number of rotatable bonds is 4. The van der Waals surface area contributed by atoms with Gasteiger partial charge in [0, 0.05) is 23.7 Å². The van der Waals surface area contributed by atoms with Gasteiger partial charge in [0.2, 0.25) is 0 Å². The lowest BCUT2D eigenvalue weighted by Crippen LogP contribution is -2.38. The number of hydrogen-bond donors (Lipinski definition) is 0. The molecule has 7 heteroatoms. The van der Waals surface area contributed by atoms with Crippen LogP contribution in [0, 0.1) is 12.8 Å². The quantitative estimate of drug-likeness (QED) is 0.398. The molecule has 144 valence electrons. The molecule has 0 spiro atoms. The fraction of sp³-hybridized carbons (Fsp3) is 0.400. The lowest BCUT2D eigenvalue weighted by atomic mass is 9.99. The highest BCUT2D eigenvalue weighted by Gasteiger charge is 2.22. The minimum atomic E-state index is 0.00316. The Morgan fingerprint density at radius 2 is 1.93 bits per heavy atom. The molecule has 2 heterocycles. The van der Waals surface area contributed by atoms with Gasteiger partial charge in [-0.05, 0) is 49.4 Å².